The van der Waals surface area contributed by atoms with Crippen molar-refractivity contribution in [2.45, 2.75) is 13.8 Å². The first kappa shape index (κ1) is 21.6. The van der Waals surface area contributed by atoms with Crippen molar-refractivity contribution in [1.29, 1.82) is 0 Å². The van der Waals surface area contributed by atoms with Crippen LogP contribution in [-0.2, 0) is 9.53 Å². The molecule has 0 unspecified atom stereocenters. The summed E-state index contributed by atoms with van der Waals surface area (Å²) in [7, 11) is 0. The molecular formula is C24H28N6O2. The molecule has 166 valence electrons. The molecule has 2 aliphatic heterocycles. The minimum absolute atomic E-state index is 0.168. The molecule has 0 atom stereocenters. The maximum absolute atomic E-state index is 11.3. The van der Waals surface area contributed by atoms with Gasteiger partial charge in [-0.2, -0.15) is 5.10 Å². The number of amides is 1. The number of fused-ring (bicyclic) bond motifs is 1. The number of primary amides is 1. The van der Waals surface area contributed by atoms with E-state index in [-0.39, 0.29) is 5.70 Å². The van der Waals surface area contributed by atoms with Gasteiger partial charge in [0.15, 0.2) is 5.70 Å². The van der Waals surface area contributed by atoms with Crippen molar-refractivity contribution in [2.75, 3.05) is 37.7 Å². The number of H-pyrrole nitrogens is 1. The van der Waals surface area contributed by atoms with Gasteiger partial charge >= 0.3 is 0 Å². The van der Waals surface area contributed by atoms with Crippen LogP contribution in [0.3, 0.4) is 0 Å². The van der Waals surface area contributed by atoms with E-state index in [9.17, 15) is 4.79 Å². The molecule has 1 aromatic heterocycles. The van der Waals surface area contributed by atoms with Crippen molar-refractivity contribution in [3.63, 3.8) is 0 Å². The van der Waals surface area contributed by atoms with E-state index in [0.29, 0.717) is 18.1 Å². The van der Waals surface area contributed by atoms with Crippen LogP contribution in [-0.4, -0.2) is 54.6 Å². The average molecular weight is 433 g/mol. The first-order valence-corrected chi connectivity index (χ1v) is 10.7. The molecule has 3 heterocycles. The zero-order valence-electron chi connectivity index (χ0n) is 18.4. The van der Waals surface area contributed by atoms with Gasteiger partial charge in [-0.1, -0.05) is 29.8 Å². The number of nitrogens with two attached hydrogens (primary N) is 1. The number of aromatic nitrogens is 2. The number of aromatic amines is 1. The third kappa shape index (κ3) is 4.81. The summed E-state index contributed by atoms with van der Waals surface area (Å²) < 4.78 is 5.46. The summed E-state index contributed by atoms with van der Waals surface area (Å²) in [5, 5.41) is 11.2. The Balaban J connectivity index is 0.000000165. The molecule has 1 fully saturated rings. The van der Waals surface area contributed by atoms with E-state index in [1.807, 2.05) is 18.2 Å². The van der Waals surface area contributed by atoms with Crippen LogP contribution >= 0.6 is 0 Å². The number of benzene rings is 2. The maximum Gasteiger partial charge on any atom is 0.270 e. The molecule has 5 rings (SSSR count). The predicted octanol–water partition coefficient (Wildman–Crippen LogP) is 2.50. The van der Waals surface area contributed by atoms with Gasteiger partial charge in [0.2, 0.25) is 0 Å². The number of hydrogen-bond acceptors (Lipinski definition) is 6. The van der Waals surface area contributed by atoms with Crippen LogP contribution in [0.25, 0.3) is 10.9 Å². The van der Waals surface area contributed by atoms with Gasteiger partial charge in [-0.15, -0.1) is 0 Å². The first-order valence-electron chi connectivity index (χ1n) is 10.7. The van der Waals surface area contributed by atoms with E-state index in [4.69, 9.17) is 10.5 Å². The lowest BCUT2D eigenvalue weighted by atomic mass is 10.1. The highest BCUT2D eigenvalue weighted by Gasteiger charge is 2.20. The first-order chi connectivity index (χ1) is 15.5. The van der Waals surface area contributed by atoms with Gasteiger partial charge in [0.25, 0.3) is 5.91 Å². The van der Waals surface area contributed by atoms with E-state index in [0.717, 1.165) is 42.6 Å². The highest BCUT2D eigenvalue weighted by atomic mass is 16.5. The van der Waals surface area contributed by atoms with Gasteiger partial charge in [0, 0.05) is 42.8 Å². The van der Waals surface area contributed by atoms with Crippen LogP contribution in [0.5, 0.6) is 0 Å². The monoisotopic (exact) mass is 432 g/mol. The fraction of sp³-hybridized carbons (Fsp3) is 0.292. The van der Waals surface area contributed by atoms with Crippen LogP contribution in [0.15, 0.2) is 65.1 Å². The summed E-state index contributed by atoms with van der Waals surface area (Å²) in [6, 6.07) is 14.5. The Morgan fingerprint density at radius 2 is 1.84 bits per heavy atom. The number of nitrogens with zero attached hydrogens (tertiary/aromatic N) is 3. The second-order valence-corrected chi connectivity index (χ2v) is 7.83. The summed E-state index contributed by atoms with van der Waals surface area (Å²) in [5.41, 5.74) is 10.6. The summed E-state index contributed by atoms with van der Waals surface area (Å²) in [6.45, 7) is 8.58. The zero-order valence-corrected chi connectivity index (χ0v) is 18.4. The highest BCUT2D eigenvalue weighted by molar-refractivity contribution is 6.13. The molecule has 8 nitrogen and oxygen atoms in total. The Kier molecular flexibility index (Phi) is 6.51. The molecule has 2 aliphatic rings. The SMILES string of the molecule is CC1=C(C(N)=O)N=C(c2cccc3[nH]ncc23)CO1.Cc1ccc(N2CCNCC2)cc1. The molecule has 0 bridgehead atoms. The molecule has 4 N–H and O–H groups in total. The van der Waals surface area contributed by atoms with Crippen LogP contribution in [0.1, 0.15) is 18.1 Å². The lowest BCUT2D eigenvalue weighted by Crippen LogP contribution is -2.43. The Morgan fingerprint density at radius 1 is 1.09 bits per heavy atom. The highest BCUT2D eigenvalue weighted by Crippen LogP contribution is 2.22. The van der Waals surface area contributed by atoms with Crippen molar-refractivity contribution in [3.8, 4) is 0 Å². The van der Waals surface area contributed by atoms with Crippen LogP contribution in [0, 0.1) is 6.92 Å². The molecule has 1 amide bonds. The van der Waals surface area contributed by atoms with E-state index >= 15 is 0 Å². The Hall–Kier alpha value is -3.65. The molecule has 8 heteroatoms. The molecule has 0 saturated carbocycles. The number of ether oxygens (including phenoxy) is 1. The minimum atomic E-state index is -0.589. The number of aryl methyl sites for hydroxylation is 1. The van der Waals surface area contributed by atoms with Crippen molar-refractivity contribution in [1.82, 2.24) is 15.5 Å². The molecule has 32 heavy (non-hydrogen) atoms. The Morgan fingerprint density at radius 3 is 2.56 bits per heavy atom. The van der Waals surface area contributed by atoms with Crippen LogP contribution < -0.4 is 16.0 Å². The lowest BCUT2D eigenvalue weighted by Gasteiger charge is -2.29. The summed E-state index contributed by atoms with van der Waals surface area (Å²) in [4.78, 5) is 18.1. The molecular weight excluding hydrogens is 404 g/mol. The number of carbonyl (C=O) groups excluding carboxylic acids is 1. The number of allylic oxidation sites excluding steroid dienone is 1. The maximum atomic E-state index is 11.3. The number of piperazine rings is 1. The number of carbonyl (C=O) groups is 1. The molecule has 3 aromatic rings. The largest absolute Gasteiger partial charge is 0.489 e. The Labute approximate surface area is 187 Å². The number of rotatable bonds is 3. The van der Waals surface area contributed by atoms with Crippen molar-refractivity contribution >= 4 is 28.2 Å². The van der Waals surface area contributed by atoms with Crippen molar-refractivity contribution in [3.05, 3.63) is 71.2 Å². The molecule has 0 spiro atoms. The summed E-state index contributed by atoms with van der Waals surface area (Å²) in [6.07, 6.45) is 1.72. The van der Waals surface area contributed by atoms with Gasteiger partial charge < -0.3 is 20.7 Å². The lowest BCUT2D eigenvalue weighted by molar-refractivity contribution is -0.114. The Bertz CT molecular complexity index is 1160. The quantitative estimate of drug-likeness (QED) is 0.589. The van der Waals surface area contributed by atoms with Gasteiger partial charge in [0.1, 0.15) is 12.4 Å². The van der Waals surface area contributed by atoms with E-state index in [1.165, 1.54) is 11.3 Å². The second kappa shape index (κ2) is 9.65. The molecule has 1 saturated heterocycles. The van der Waals surface area contributed by atoms with Gasteiger partial charge in [-0.3, -0.25) is 9.89 Å². The smallest absolute Gasteiger partial charge is 0.270 e. The topological polar surface area (TPSA) is 109 Å². The summed E-state index contributed by atoms with van der Waals surface area (Å²) >= 11 is 0. The van der Waals surface area contributed by atoms with Gasteiger partial charge in [-0.05, 0) is 32.0 Å². The normalized spacial score (nSPS) is 16.2. The third-order valence-electron chi connectivity index (χ3n) is 5.55. The average Bonchev–Trinajstić information content (AvgIpc) is 3.30. The second-order valence-electron chi connectivity index (χ2n) is 7.83. The van der Waals surface area contributed by atoms with Crippen molar-refractivity contribution < 1.29 is 9.53 Å². The molecule has 0 radical (unpaired) electrons. The van der Waals surface area contributed by atoms with E-state index in [2.05, 4.69) is 56.6 Å². The minimum Gasteiger partial charge on any atom is -0.489 e. The van der Waals surface area contributed by atoms with E-state index in [1.54, 1.807) is 13.1 Å². The van der Waals surface area contributed by atoms with Gasteiger partial charge in [-0.25, -0.2) is 4.99 Å². The summed E-state index contributed by atoms with van der Waals surface area (Å²) in [5.74, 6) is -0.135. The van der Waals surface area contributed by atoms with Gasteiger partial charge in [0.05, 0.1) is 17.4 Å². The van der Waals surface area contributed by atoms with E-state index < -0.39 is 5.91 Å². The zero-order chi connectivity index (χ0) is 22.5. The fourth-order valence-electron chi connectivity index (χ4n) is 3.76. The number of anilines is 1. The molecule has 0 aliphatic carbocycles. The standard InChI is InChI=1S/C13H12N4O2.C11H16N2/c1-7-12(13(14)18)16-11(6-19-7)8-3-2-4-10-9(8)5-15-17-10;1-10-2-4-11(5-3-10)13-8-6-12-7-9-13/h2-5H,6H2,1H3,(H2,14,18)(H,15,17);2-5,12H,6-9H2,1H3. The number of aliphatic imine (C=N–C) groups is 1. The van der Waals surface area contributed by atoms with Crippen molar-refractivity contribution in [2.24, 2.45) is 10.7 Å². The predicted molar refractivity (Wildman–Crippen MR) is 127 cm³/mol. The molecule has 2 aromatic carbocycles. The van der Waals surface area contributed by atoms with Crippen LogP contribution in [0.4, 0.5) is 5.69 Å². The third-order valence-corrected chi connectivity index (χ3v) is 5.55. The number of hydrogen-bond donors (Lipinski definition) is 3. The van der Waals surface area contributed by atoms with Crippen LogP contribution in [0.2, 0.25) is 0 Å². The number of nitrogens with one attached hydrogen (secondary N) is 2. The fourth-order valence-corrected chi connectivity index (χ4v) is 3.76.